The first kappa shape index (κ1) is 24.0. The van der Waals surface area contributed by atoms with Crippen LogP contribution >= 0.6 is 23.2 Å². The third kappa shape index (κ3) is 4.88. The van der Waals surface area contributed by atoms with Crippen molar-refractivity contribution in [3.63, 3.8) is 0 Å². The summed E-state index contributed by atoms with van der Waals surface area (Å²) in [6.07, 6.45) is 0.552. The van der Waals surface area contributed by atoms with Crippen LogP contribution in [-0.4, -0.2) is 25.2 Å². The van der Waals surface area contributed by atoms with E-state index in [9.17, 15) is 18.0 Å². The minimum atomic E-state index is -1.10. The fraction of sp³-hybridized carbons (Fsp3) is 0.208. The number of carbonyl (C=O) groups is 1. The first-order valence-electron chi connectivity index (χ1n) is 10.3. The Labute approximate surface area is 203 Å². The molecule has 0 aromatic heterocycles. The van der Waals surface area contributed by atoms with Crippen molar-refractivity contribution in [3.05, 3.63) is 70.0 Å². The zero-order valence-corrected chi connectivity index (χ0v) is 19.3. The molecule has 1 aliphatic rings. The molecule has 1 heterocycles. The van der Waals surface area contributed by atoms with E-state index in [0.717, 1.165) is 24.3 Å². The lowest BCUT2D eigenvalue weighted by atomic mass is 10.0. The Bertz CT molecular complexity index is 1210. The molecule has 0 amide bonds. The quantitative estimate of drug-likeness (QED) is 0.307. The number of para-hydroxylation sites is 1. The van der Waals surface area contributed by atoms with Crippen LogP contribution in [0.4, 0.5) is 18.9 Å². The molecule has 34 heavy (non-hydrogen) atoms. The van der Waals surface area contributed by atoms with Gasteiger partial charge in [-0.1, -0.05) is 29.3 Å². The van der Waals surface area contributed by atoms with Crippen LogP contribution in [0.25, 0.3) is 11.1 Å². The lowest BCUT2D eigenvalue weighted by Crippen LogP contribution is -2.31. The third-order valence-electron chi connectivity index (χ3n) is 5.02. The van der Waals surface area contributed by atoms with E-state index < -0.39 is 35.2 Å². The number of benzene rings is 3. The van der Waals surface area contributed by atoms with E-state index in [1.165, 1.54) is 19.1 Å². The molecule has 0 unspecified atom stereocenters. The highest BCUT2D eigenvalue weighted by molar-refractivity contribution is 6.39. The SMILES string of the molecule is C[C@H](Nc1c(F)cccc1F)C(=O)Oc1ccc(-c2c(Cl)cc(F)cc2Cl)c2c1OCCCO2. The Morgan fingerprint density at radius 3 is 2.26 bits per heavy atom. The summed E-state index contributed by atoms with van der Waals surface area (Å²) in [4.78, 5) is 12.7. The average Bonchev–Trinajstić information content (AvgIpc) is 3.03. The molecule has 0 saturated carbocycles. The van der Waals surface area contributed by atoms with Gasteiger partial charge in [-0.05, 0) is 43.3 Å². The lowest BCUT2D eigenvalue weighted by molar-refractivity contribution is -0.135. The lowest BCUT2D eigenvalue weighted by Gasteiger charge is -2.19. The van der Waals surface area contributed by atoms with Crippen LogP contribution in [0, 0.1) is 17.5 Å². The van der Waals surface area contributed by atoms with Crippen LogP contribution in [0.3, 0.4) is 0 Å². The van der Waals surface area contributed by atoms with Gasteiger partial charge in [0.25, 0.3) is 0 Å². The zero-order valence-electron chi connectivity index (χ0n) is 17.8. The Balaban J connectivity index is 1.66. The highest BCUT2D eigenvalue weighted by Crippen LogP contribution is 2.49. The topological polar surface area (TPSA) is 56.8 Å². The Morgan fingerprint density at radius 1 is 1.00 bits per heavy atom. The molecule has 10 heteroatoms. The van der Waals surface area contributed by atoms with Crippen molar-refractivity contribution in [3.8, 4) is 28.4 Å². The van der Waals surface area contributed by atoms with Crippen LogP contribution in [0.5, 0.6) is 17.2 Å². The van der Waals surface area contributed by atoms with Gasteiger partial charge in [0.1, 0.15) is 29.2 Å². The van der Waals surface area contributed by atoms with Gasteiger partial charge in [0, 0.05) is 17.5 Å². The first-order chi connectivity index (χ1) is 16.3. The second-order valence-electron chi connectivity index (χ2n) is 7.45. The number of hydrogen-bond acceptors (Lipinski definition) is 5. The highest BCUT2D eigenvalue weighted by atomic mass is 35.5. The van der Waals surface area contributed by atoms with Gasteiger partial charge in [0.05, 0.1) is 23.3 Å². The number of fused-ring (bicyclic) bond motifs is 1. The summed E-state index contributed by atoms with van der Waals surface area (Å²) in [6.45, 7) is 1.98. The van der Waals surface area contributed by atoms with Gasteiger partial charge >= 0.3 is 5.97 Å². The summed E-state index contributed by atoms with van der Waals surface area (Å²) in [5.74, 6) is -2.72. The largest absolute Gasteiger partial charge is 0.489 e. The van der Waals surface area contributed by atoms with Gasteiger partial charge in [0.15, 0.2) is 11.5 Å². The molecule has 1 aliphatic heterocycles. The second-order valence-corrected chi connectivity index (χ2v) is 8.26. The maximum atomic E-state index is 13.9. The van der Waals surface area contributed by atoms with Crippen molar-refractivity contribution in [2.45, 2.75) is 19.4 Å². The molecular weight excluding hydrogens is 494 g/mol. The van der Waals surface area contributed by atoms with Crippen LogP contribution in [-0.2, 0) is 4.79 Å². The van der Waals surface area contributed by atoms with E-state index in [-0.39, 0.29) is 33.9 Å². The van der Waals surface area contributed by atoms with Crippen LogP contribution in [0.1, 0.15) is 13.3 Å². The number of halogens is 5. The number of hydrogen-bond donors (Lipinski definition) is 1. The minimum absolute atomic E-state index is 0.0302. The second kappa shape index (κ2) is 10.0. The molecule has 3 aromatic rings. The molecule has 3 aromatic carbocycles. The number of ether oxygens (including phenoxy) is 3. The monoisotopic (exact) mass is 511 g/mol. The Kier molecular flexibility index (Phi) is 7.09. The number of anilines is 1. The summed E-state index contributed by atoms with van der Waals surface area (Å²) >= 11 is 12.5. The maximum absolute atomic E-state index is 13.9. The van der Waals surface area contributed by atoms with Crippen molar-refractivity contribution in [2.24, 2.45) is 0 Å². The van der Waals surface area contributed by atoms with Crippen molar-refractivity contribution >= 4 is 34.9 Å². The van der Waals surface area contributed by atoms with Crippen molar-refractivity contribution in [2.75, 3.05) is 18.5 Å². The fourth-order valence-corrected chi connectivity index (χ4v) is 4.08. The molecule has 4 rings (SSSR count). The molecular formula is C24H18Cl2F3NO4. The van der Waals surface area contributed by atoms with Gasteiger partial charge in [-0.2, -0.15) is 0 Å². The fourth-order valence-electron chi connectivity index (χ4n) is 3.42. The first-order valence-corrected chi connectivity index (χ1v) is 11.0. The van der Waals surface area contributed by atoms with Gasteiger partial charge < -0.3 is 19.5 Å². The summed E-state index contributed by atoms with van der Waals surface area (Å²) in [6, 6.07) is 7.49. The van der Waals surface area contributed by atoms with Gasteiger partial charge in [-0.3, -0.25) is 0 Å². The van der Waals surface area contributed by atoms with Crippen molar-refractivity contribution in [1.29, 1.82) is 0 Å². The molecule has 0 spiro atoms. The van der Waals surface area contributed by atoms with E-state index in [2.05, 4.69) is 5.32 Å². The third-order valence-corrected chi connectivity index (χ3v) is 5.62. The Morgan fingerprint density at radius 2 is 1.62 bits per heavy atom. The van der Waals surface area contributed by atoms with E-state index in [1.54, 1.807) is 6.07 Å². The summed E-state index contributed by atoms with van der Waals surface area (Å²) in [5, 5.41) is 2.61. The predicted molar refractivity (Wildman–Crippen MR) is 123 cm³/mol. The molecule has 0 fully saturated rings. The van der Waals surface area contributed by atoms with Crippen LogP contribution < -0.4 is 19.5 Å². The van der Waals surface area contributed by atoms with Crippen LogP contribution in [0.15, 0.2) is 42.5 Å². The summed E-state index contributed by atoms with van der Waals surface area (Å²) in [7, 11) is 0. The normalized spacial score (nSPS) is 13.7. The summed E-state index contributed by atoms with van der Waals surface area (Å²) < 4.78 is 58.6. The average molecular weight is 512 g/mol. The Hall–Kier alpha value is -3.10. The van der Waals surface area contributed by atoms with Gasteiger partial charge in [0.2, 0.25) is 5.75 Å². The standard InChI is InChI=1S/C24H18Cl2F3NO4/c1-12(30-21-17(28)4-2-5-18(21)29)24(31)34-19-7-6-14(22-23(19)33-9-3-8-32-22)20-15(25)10-13(27)11-16(20)26/h2,4-7,10-12,30H,3,8-9H2,1H3/t12-/m0/s1. The maximum Gasteiger partial charge on any atom is 0.333 e. The number of rotatable bonds is 5. The van der Waals surface area contributed by atoms with Gasteiger partial charge in [-0.15, -0.1) is 0 Å². The number of carbonyl (C=O) groups excluding carboxylic acids is 1. The minimum Gasteiger partial charge on any atom is -0.489 e. The smallest absolute Gasteiger partial charge is 0.333 e. The van der Waals surface area contributed by atoms with Crippen molar-refractivity contribution in [1.82, 2.24) is 0 Å². The zero-order chi connectivity index (χ0) is 24.4. The number of nitrogens with one attached hydrogen (secondary N) is 1. The molecule has 0 radical (unpaired) electrons. The number of esters is 1. The van der Waals surface area contributed by atoms with Gasteiger partial charge in [-0.25, -0.2) is 18.0 Å². The highest BCUT2D eigenvalue weighted by Gasteiger charge is 2.27. The molecule has 5 nitrogen and oxygen atoms in total. The van der Waals surface area contributed by atoms with E-state index >= 15 is 0 Å². The molecule has 1 atom stereocenters. The molecule has 1 N–H and O–H groups in total. The van der Waals surface area contributed by atoms with Crippen LogP contribution in [0.2, 0.25) is 10.0 Å². The summed E-state index contributed by atoms with van der Waals surface area (Å²) in [5.41, 5.74) is 0.307. The molecule has 0 aliphatic carbocycles. The molecule has 0 bridgehead atoms. The molecule has 178 valence electrons. The molecule has 0 saturated heterocycles. The predicted octanol–water partition coefficient (Wildman–Crippen LogP) is 6.65. The van der Waals surface area contributed by atoms with Crippen molar-refractivity contribution < 1.29 is 32.2 Å². The van der Waals surface area contributed by atoms with E-state index in [0.29, 0.717) is 24.2 Å². The van der Waals surface area contributed by atoms with E-state index in [4.69, 9.17) is 37.4 Å². The van der Waals surface area contributed by atoms with E-state index in [1.807, 2.05) is 0 Å².